The lowest BCUT2D eigenvalue weighted by Crippen LogP contribution is -2.45. The molecule has 1 amide bonds. The fourth-order valence-corrected chi connectivity index (χ4v) is 3.61. The number of amides is 1. The van der Waals surface area contributed by atoms with Gasteiger partial charge >= 0.3 is 0 Å². The first-order valence-corrected chi connectivity index (χ1v) is 9.17. The molecule has 6 nitrogen and oxygen atoms in total. The lowest BCUT2D eigenvalue weighted by atomic mass is 10.1. The highest BCUT2D eigenvalue weighted by molar-refractivity contribution is 5.91. The van der Waals surface area contributed by atoms with Crippen molar-refractivity contribution in [3.63, 3.8) is 0 Å². The number of hydrogen-bond donors (Lipinski definition) is 2. The second-order valence-corrected chi connectivity index (χ2v) is 7.09. The number of rotatable bonds is 5. The molecule has 0 spiro atoms. The SMILES string of the molecule is CC1CN(Cc2ccccc2NC(=O)CC2COCCN2)CC(C)O1. The Morgan fingerprint density at radius 1 is 1.28 bits per heavy atom. The van der Waals surface area contributed by atoms with Crippen LogP contribution < -0.4 is 10.6 Å². The van der Waals surface area contributed by atoms with Crippen molar-refractivity contribution in [2.75, 3.05) is 38.2 Å². The van der Waals surface area contributed by atoms with Crippen molar-refractivity contribution >= 4 is 11.6 Å². The molecule has 1 aromatic rings. The van der Waals surface area contributed by atoms with Gasteiger partial charge in [-0.15, -0.1) is 0 Å². The maximum absolute atomic E-state index is 12.4. The van der Waals surface area contributed by atoms with Gasteiger partial charge < -0.3 is 20.1 Å². The third-order valence-electron chi connectivity index (χ3n) is 4.61. The molecule has 138 valence electrons. The second-order valence-electron chi connectivity index (χ2n) is 7.09. The van der Waals surface area contributed by atoms with E-state index in [9.17, 15) is 4.79 Å². The Hall–Kier alpha value is -1.47. The number of nitrogens with zero attached hydrogens (tertiary/aromatic N) is 1. The first kappa shape index (κ1) is 18.3. The lowest BCUT2D eigenvalue weighted by Gasteiger charge is -2.35. The summed E-state index contributed by atoms with van der Waals surface area (Å²) in [5.74, 6) is 0.0270. The van der Waals surface area contributed by atoms with Crippen molar-refractivity contribution in [2.24, 2.45) is 0 Å². The molecule has 0 radical (unpaired) electrons. The molecule has 3 rings (SSSR count). The zero-order valence-electron chi connectivity index (χ0n) is 15.2. The zero-order valence-corrected chi connectivity index (χ0v) is 15.2. The van der Waals surface area contributed by atoms with Crippen LogP contribution in [0, 0.1) is 0 Å². The van der Waals surface area contributed by atoms with Crippen LogP contribution in [0.25, 0.3) is 0 Å². The van der Waals surface area contributed by atoms with E-state index in [1.807, 2.05) is 18.2 Å². The fourth-order valence-electron chi connectivity index (χ4n) is 3.61. The first-order chi connectivity index (χ1) is 12.1. The third-order valence-corrected chi connectivity index (χ3v) is 4.61. The Morgan fingerprint density at radius 2 is 2.04 bits per heavy atom. The van der Waals surface area contributed by atoms with Crippen LogP contribution in [0.4, 0.5) is 5.69 Å². The molecule has 3 unspecified atom stereocenters. The van der Waals surface area contributed by atoms with E-state index in [4.69, 9.17) is 9.47 Å². The van der Waals surface area contributed by atoms with Gasteiger partial charge in [-0.3, -0.25) is 9.69 Å². The molecule has 2 fully saturated rings. The van der Waals surface area contributed by atoms with Crippen molar-refractivity contribution in [3.05, 3.63) is 29.8 Å². The molecule has 0 saturated carbocycles. The summed E-state index contributed by atoms with van der Waals surface area (Å²) >= 11 is 0. The van der Waals surface area contributed by atoms with Gasteiger partial charge in [0, 0.05) is 44.3 Å². The summed E-state index contributed by atoms with van der Waals surface area (Å²) in [6, 6.07) is 8.15. The van der Waals surface area contributed by atoms with Crippen LogP contribution in [0.15, 0.2) is 24.3 Å². The minimum atomic E-state index is 0.0270. The standard InChI is InChI=1S/C19H29N3O3/c1-14-10-22(11-15(2)25-14)12-16-5-3-4-6-18(16)21-19(23)9-17-13-24-8-7-20-17/h3-6,14-15,17,20H,7-13H2,1-2H3,(H,21,23). The maximum atomic E-state index is 12.4. The van der Waals surface area contributed by atoms with Crippen LogP contribution in [0.2, 0.25) is 0 Å². The zero-order chi connectivity index (χ0) is 17.6. The van der Waals surface area contributed by atoms with Gasteiger partial charge in [0.25, 0.3) is 0 Å². The van der Waals surface area contributed by atoms with Crippen LogP contribution in [0.3, 0.4) is 0 Å². The molecule has 2 N–H and O–H groups in total. The number of anilines is 1. The molecule has 6 heteroatoms. The van der Waals surface area contributed by atoms with Gasteiger partial charge in [0.1, 0.15) is 0 Å². The van der Waals surface area contributed by atoms with Gasteiger partial charge in [0.15, 0.2) is 0 Å². The van der Waals surface area contributed by atoms with E-state index in [1.165, 1.54) is 0 Å². The normalized spacial score (nSPS) is 27.8. The largest absolute Gasteiger partial charge is 0.378 e. The molecule has 0 bridgehead atoms. The molecule has 2 aliphatic rings. The van der Waals surface area contributed by atoms with E-state index in [0.29, 0.717) is 13.0 Å². The number of nitrogens with one attached hydrogen (secondary N) is 2. The van der Waals surface area contributed by atoms with Crippen molar-refractivity contribution in [2.45, 2.75) is 45.1 Å². The minimum absolute atomic E-state index is 0.0270. The first-order valence-electron chi connectivity index (χ1n) is 9.17. The summed E-state index contributed by atoms with van der Waals surface area (Å²) in [5, 5.41) is 6.40. The summed E-state index contributed by atoms with van der Waals surface area (Å²) in [6.07, 6.45) is 0.908. The maximum Gasteiger partial charge on any atom is 0.226 e. The van der Waals surface area contributed by atoms with E-state index in [1.54, 1.807) is 0 Å². The van der Waals surface area contributed by atoms with Crippen LogP contribution in [-0.4, -0.2) is 61.9 Å². The van der Waals surface area contributed by atoms with E-state index in [-0.39, 0.29) is 24.2 Å². The Labute approximate surface area is 149 Å². The second kappa shape index (κ2) is 8.76. The summed E-state index contributed by atoms with van der Waals surface area (Å²) < 4.78 is 11.2. The molecule has 0 aromatic heterocycles. The van der Waals surface area contributed by atoms with Gasteiger partial charge in [0.2, 0.25) is 5.91 Å². The van der Waals surface area contributed by atoms with E-state index in [0.717, 1.165) is 44.0 Å². The molecule has 0 aliphatic carbocycles. The van der Waals surface area contributed by atoms with E-state index in [2.05, 4.69) is 35.4 Å². The smallest absolute Gasteiger partial charge is 0.226 e. The molecule has 2 aliphatic heterocycles. The monoisotopic (exact) mass is 347 g/mol. The quantitative estimate of drug-likeness (QED) is 0.847. The Bertz CT molecular complexity index is 565. The van der Waals surface area contributed by atoms with Crippen LogP contribution >= 0.6 is 0 Å². The average Bonchev–Trinajstić information content (AvgIpc) is 2.56. The average molecular weight is 347 g/mol. The number of benzene rings is 1. The number of carbonyl (C=O) groups is 1. The summed E-state index contributed by atoms with van der Waals surface area (Å²) in [5.41, 5.74) is 2.04. The molecule has 1 aromatic carbocycles. The van der Waals surface area contributed by atoms with Gasteiger partial charge in [-0.05, 0) is 25.5 Å². The van der Waals surface area contributed by atoms with Crippen molar-refractivity contribution in [1.29, 1.82) is 0 Å². The predicted molar refractivity (Wildman–Crippen MR) is 97.6 cm³/mol. The van der Waals surface area contributed by atoms with Crippen molar-refractivity contribution in [1.82, 2.24) is 10.2 Å². The van der Waals surface area contributed by atoms with Gasteiger partial charge in [0.05, 0.1) is 25.4 Å². The van der Waals surface area contributed by atoms with Crippen LogP contribution in [0.1, 0.15) is 25.8 Å². The highest BCUT2D eigenvalue weighted by Gasteiger charge is 2.23. The molecular formula is C19H29N3O3. The Morgan fingerprint density at radius 3 is 2.76 bits per heavy atom. The lowest BCUT2D eigenvalue weighted by molar-refractivity contribution is -0.117. The molecular weight excluding hydrogens is 318 g/mol. The summed E-state index contributed by atoms with van der Waals surface area (Å²) in [6.45, 7) is 8.98. The van der Waals surface area contributed by atoms with Crippen molar-refractivity contribution in [3.8, 4) is 0 Å². The van der Waals surface area contributed by atoms with Gasteiger partial charge in [-0.2, -0.15) is 0 Å². The molecule has 25 heavy (non-hydrogen) atoms. The molecule has 2 heterocycles. The van der Waals surface area contributed by atoms with Crippen LogP contribution in [0.5, 0.6) is 0 Å². The highest BCUT2D eigenvalue weighted by atomic mass is 16.5. The third kappa shape index (κ3) is 5.51. The topological polar surface area (TPSA) is 62.8 Å². The fraction of sp³-hybridized carbons (Fsp3) is 0.632. The summed E-state index contributed by atoms with van der Waals surface area (Å²) in [4.78, 5) is 14.8. The Balaban J connectivity index is 1.59. The van der Waals surface area contributed by atoms with E-state index < -0.39 is 0 Å². The number of ether oxygens (including phenoxy) is 2. The summed E-state index contributed by atoms with van der Waals surface area (Å²) in [7, 11) is 0. The number of carbonyl (C=O) groups excluding carboxylic acids is 1. The van der Waals surface area contributed by atoms with Gasteiger partial charge in [-0.25, -0.2) is 0 Å². The highest BCUT2D eigenvalue weighted by Crippen LogP contribution is 2.20. The van der Waals surface area contributed by atoms with E-state index >= 15 is 0 Å². The Kier molecular flexibility index (Phi) is 6.42. The molecule has 3 atom stereocenters. The van der Waals surface area contributed by atoms with Crippen molar-refractivity contribution < 1.29 is 14.3 Å². The van der Waals surface area contributed by atoms with Gasteiger partial charge in [-0.1, -0.05) is 18.2 Å². The number of morpholine rings is 2. The number of para-hydroxylation sites is 1. The van der Waals surface area contributed by atoms with Crippen LogP contribution in [-0.2, 0) is 20.8 Å². The number of hydrogen-bond acceptors (Lipinski definition) is 5. The predicted octanol–water partition coefficient (Wildman–Crippen LogP) is 1.61. The molecule has 2 saturated heterocycles. The minimum Gasteiger partial charge on any atom is -0.378 e.